The van der Waals surface area contributed by atoms with E-state index in [0.29, 0.717) is 0 Å². The normalized spacial score (nSPS) is 10.9. The number of halogens is 1. The highest BCUT2D eigenvalue weighted by atomic mass is 35.5. The summed E-state index contributed by atoms with van der Waals surface area (Å²) in [4.78, 5) is 0. The van der Waals surface area contributed by atoms with Crippen LogP contribution in [0.1, 0.15) is 88.2 Å². The van der Waals surface area contributed by atoms with Gasteiger partial charge in [0.1, 0.15) is 11.5 Å². The zero-order chi connectivity index (χ0) is 28.4. The number of unbranched alkanes of at least 4 members (excludes halogenated alkanes) is 9. The van der Waals surface area contributed by atoms with Gasteiger partial charge in [0.15, 0.2) is 0 Å². The Morgan fingerprint density at radius 1 is 0.415 bits per heavy atom. The van der Waals surface area contributed by atoms with E-state index in [2.05, 4.69) is 45.5 Å². The van der Waals surface area contributed by atoms with Gasteiger partial charge in [0.25, 0.3) is 0 Å². The number of benzene rings is 2. The molecule has 4 N–H and O–H groups in total. The SMILES string of the molecule is COc1ccccc1CNCCCCCCNCCCCCCNCCCCCCNCc1ccccc1OC.Cl. The minimum Gasteiger partial charge on any atom is -0.496 e. The van der Waals surface area contributed by atoms with Crippen molar-refractivity contribution in [2.24, 2.45) is 0 Å². The fraction of sp³-hybridized carbons (Fsp3) is 0.647. The average molecular weight is 591 g/mol. The van der Waals surface area contributed by atoms with E-state index in [1.807, 2.05) is 24.3 Å². The average Bonchev–Trinajstić information content (AvgIpc) is 2.99. The Hall–Kier alpha value is -1.83. The van der Waals surface area contributed by atoms with Crippen molar-refractivity contribution < 1.29 is 9.47 Å². The molecule has 0 aliphatic rings. The van der Waals surface area contributed by atoms with Gasteiger partial charge in [-0.3, -0.25) is 0 Å². The third kappa shape index (κ3) is 19.1. The van der Waals surface area contributed by atoms with E-state index in [9.17, 15) is 0 Å². The smallest absolute Gasteiger partial charge is 0.123 e. The van der Waals surface area contributed by atoms with E-state index in [1.165, 1.54) is 101 Å². The molecule has 0 aliphatic carbocycles. The highest BCUT2D eigenvalue weighted by molar-refractivity contribution is 5.85. The van der Waals surface area contributed by atoms with Gasteiger partial charge in [-0.15, -0.1) is 12.4 Å². The molecule has 2 rings (SSSR count). The van der Waals surface area contributed by atoms with Crippen LogP contribution in [0.4, 0.5) is 0 Å². The second-order valence-corrected chi connectivity index (χ2v) is 10.7. The lowest BCUT2D eigenvalue weighted by Crippen LogP contribution is -2.18. The Morgan fingerprint density at radius 2 is 0.707 bits per heavy atom. The number of methoxy groups -OCH3 is 2. The molecule has 0 atom stereocenters. The molecule has 0 spiro atoms. The highest BCUT2D eigenvalue weighted by Gasteiger charge is 2.01. The summed E-state index contributed by atoms with van der Waals surface area (Å²) in [5, 5.41) is 14.3. The first-order valence-electron chi connectivity index (χ1n) is 15.9. The predicted octanol–water partition coefficient (Wildman–Crippen LogP) is 6.87. The number of hydrogen-bond donors (Lipinski definition) is 4. The molecule has 2 aromatic rings. The van der Waals surface area contributed by atoms with Crippen LogP contribution in [0.5, 0.6) is 11.5 Å². The number of para-hydroxylation sites is 2. The van der Waals surface area contributed by atoms with Crippen molar-refractivity contribution in [1.82, 2.24) is 21.3 Å². The number of ether oxygens (including phenoxy) is 2. The van der Waals surface area contributed by atoms with Gasteiger partial charge in [-0.2, -0.15) is 0 Å². The van der Waals surface area contributed by atoms with Crippen LogP contribution in [0.2, 0.25) is 0 Å². The largest absolute Gasteiger partial charge is 0.496 e. The summed E-state index contributed by atoms with van der Waals surface area (Å²) in [5.74, 6) is 1.95. The zero-order valence-electron chi connectivity index (χ0n) is 26.0. The van der Waals surface area contributed by atoms with Gasteiger partial charge in [0.2, 0.25) is 0 Å². The molecule has 0 aliphatic heterocycles. The summed E-state index contributed by atoms with van der Waals surface area (Å²) in [6.07, 6.45) is 15.6. The summed E-state index contributed by atoms with van der Waals surface area (Å²) in [7, 11) is 3.48. The standard InChI is InChI=1S/C34H58N4O2.ClH/c1-39-33-21-11-9-19-31(33)29-37-27-17-7-5-15-25-35-23-13-3-4-14-24-36-26-16-6-8-18-28-38-30-32-20-10-12-22-34(32)40-2;/h9-12,19-22,35-38H,3-8,13-18,23-30H2,1-2H3;1H. The third-order valence-corrected chi connectivity index (χ3v) is 7.39. The third-order valence-electron chi connectivity index (χ3n) is 7.39. The molecular weight excluding hydrogens is 532 g/mol. The molecular formula is C34H59ClN4O2. The second-order valence-electron chi connectivity index (χ2n) is 10.7. The molecule has 0 saturated carbocycles. The molecule has 2 aromatic carbocycles. The van der Waals surface area contributed by atoms with Crippen molar-refractivity contribution in [2.75, 3.05) is 53.5 Å². The summed E-state index contributed by atoms with van der Waals surface area (Å²) in [6, 6.07) is 16.5. The summed E-state index contributed by atoms with van der Waals surface area (Å²) in [6.45, 7) is 8.57. The summed E-state index contributed by atoms with van der Waals surface area (Å²) < 4.78 is 10.8. The fourth-order valence-electron chi connectivity index (χ4n) is 4.95. The number of rotatable bonds is 27. The van der Waals surface area contributed by atoms with Gasteiger partial charge in [0, 0.05) is 24.2 Å². The van der Waals surface area contributed by atoms with Gasteiger partial charge in [-0.1, -0.05) is 74.9 Å². The van der Waals surface area contributed by atoms with Crippen LogP contribution in [0, 0.1) is 0 Å². The van der Waals surface area contributed by atoms with Crippen molar-refractivity contribution in [3.05, 3.63) is 59.7 Å². The van der Waals surface area contributed by atoms with Crippen LogP contribution in [-0.2, 0) is 13.1 Å². The number of nitrogens with one attached hydrogen (secondary N) is 4. The quantitative estimate of drug-likeness (QED) is 0.0852. The molecule has 41 heavy (non-hydrogen) atoms. The molecule has 0 fully saturated rings. The Kier molecular flexibility index (Phi) is 24.5. The van der Waals surface area contributed by atoms with Gasteiger partial charge in [0.05, 0.1) is 14.2 Å². The topological polar surface area (TPSA) is 66.6 Å². The molecule has 0 unspecified atom stereocenters. The molecule has 0 radical (unpaired) electrons. The lowest BCUT2D eigenvalue weighted by molar-refractivity contribution is 0.407. The summed E-state index contributed by atoms with van der Waals surface area (Å²) >= 11 is 0. The Morgan fingerprint density at radius 3 is 1.02 bits per heavy atom. The maximum atomic E-state index is 5.41. The second kappa shape index (κ2) is 27.0. The molecule has 0 saturated heterocycles. The number of hydrogen-bond acceptors (Lipinski definition) is 6. The van der Waals surface area contributed by atoms with Crippen LogP contribution < -0.4 is 30.7 Å². The molecule has 0 bridgehead atoms. The van der Waals surface area contributed by atoms with Crippen LogP contribution in [-0.4, -0.2) is 53.5 Å². The van der Waals surface area contributed by atoms with Crippen LogP contribution in [0.15, 0.2) is 48.5 Å². The molecule has 0 aromatic heterocycles. The van der Waals surface area contributed by atoms with Crippen molar-refractivity contribution >= 4 is 12.4 Å². The molecule has 7 heteroatoms. The first-order chi connectivity index (χ1) is 19.8. The molecule has 0 amide bonds. The van der Waals surface area contributed by atoms with Gasteiger partial charge in [-0.05, 0) is 89.9 Å². The van der Waals surface area contributed by atoms with Gasteiger partial charge < -0.3 is 30.7 Å². The van der Waals surface area contributed by atoms with Crippen LogP contribution in [0.3, 0.4) is 0 Å². The zero-order valence-corrected chi connectivity index (χ0v) is 26.8. The highest BCUT2D eigenvalue weighted by Crippen LogP contribution is 2.17. The Bertz CT molecular complexity index is 785. The van der Waals surface area contributed by atoms with Crippen molar-refractivity contribution in [3.63, 3.8) is 0 Å². The van der Waals surface area contributed by atoms with E-state index in [0.717, 1.165) is 50.8 Å². The summed E-state index contributed by atoms with van der Waals surface area (Å²) in [5.41, 5.74) is 2.47. The van der Waals surface area contributed by atoms with E-state index in [-0.39, 0.29) is 12.4 Å². The monoisotopic (exact) mass is 590 g/mol. The van der Waals surface area contributed by atoms with Gasteiger partial charge in [-0.25, -0.2) is 0 Å². The fourth-order valence-corrected chi connectivity index (χ4v) is 4.95. The van der Waals surface area contributed by atoms with Crippen molar-refractivity contribution in [1.29, 1.82) is 0 Å². The van der Waals surface area contributed by atoms with Crippen LogP contribution in [0.25, 0.3) is 0 Å². The van der Waals surface area contributed by atoms with E-state index in [4.69, 9.17) is 9.47 Å². The minimum absolute atomic E-state index is 0. The Balaban J connectivity index is 0.00000840. The molecule has 6 nitrogen and oxygen atoms in total. The maximum absolute atomic E-state index is 5.41. The predicted molar refractivity (Wildman–Crippen MR) is 178 cm³/mol. The molecule has 234 valence electrons. The van der Waals surface area contributed by atoms with E-state index >= 15 is 0 Å². The first-order valence-corrected chi connectivity index (χ1v) is 15.9. The lowest BCUT2D eigenvalue weighted by atomic mass is 10.1. The minimum atomic E-state index is 0. The van der Waals surface area contributed by atoms with Crippen LogP contribution >= 0.6 is 12.4 Å². The lowest BCUT2D eigenvalue weighted by Gasteiger charge is -2.09. The van der Waals surface area contributed by atoms with Crippen molar-refractivity contribution in [3.8, 4) is 11.5 Å². The maximum Gasteiger partial charge on any atom is 0.123 e. The molecule has 0 heterocycles. The Labute approximate surface area is 257 Å². The van der Waals surface area contributed by atoms with Gasteiger partial charge >= 0.3 is 0 Å². The first kappa shape index (κ1) is 37.2. The van der Waals surface area contributed by atoms with E-state index in [1.54, 1.807) is 14.2 Å². The van der Waals surface area contributed by atoms with E-state index < -0.39 is 0 Å². The van der Waals surface area contributed by atoms with Crippen molar-refractivity contribution in [2.45, 2.75) is 90.1 Å².